The number of carbonyl (C=O) groups excluding carboxylic acids is 1. The molecule has 1 N–H and O–H groups in total. The van der Waals surface area contributed by atoms with Crippen LogP contribution in [0.3, 0.4) is 0 Å². The number of rotatable bonds is 3. The van der Waals surface area contributed by atoms with Crippen molar-refractivity contribution >= 4 is 33.2 Å². The number of nitrogens with one attached hydrogen (secondary N) is 1. The summed E-state index contributed by atoms with van der Waals surface area (Å²) in [6.07, 6.45) is 2.18. The summed E-state index contributed by atoms with van der Waals surface area (Å²) in [7, 11) is -3.04. The minimum absolute atomic E-state index is 0.0800. The molecule has 0 aromatic heterocycles. The van der Waals surface area contributed by atoms with E-state index in [0.717, 1.165) is 29.7 Å². The molecule has 3 rings (SSSR count). The van der Waals surface area contributed by atoms with Gasteiger partial charge in [-0.1, -0.05) is 31.5 Å². The van der Waals surface area contributed by atoms with Crippen molar-refractivity contribution in [2.45, 2.75) is 38.4 Å². The van der Waals surface area contributed by atoms with Crippen molar-refractivity contribution in [2.75, 3.05) is 24.2 Å². The molecule has 132 valence electrons. The molecule has 2 saturated heterocycles. The van der Waals surface area contributed by atoms with Crippen LogP contribution in [0.15, 0.2) is 12.1 Å². The number of hydrogen-bond acceptors (Lipinski definition) is 3. The number of hydrogen-bond donors (Lipinski definition) is 1. The highest BCUT2D eigenvalue weighted by atomic mass is 35.5. The van der Waals surface area contributed by atoms with Gasteiger partial charge in [-0.2, -0.15) is 0 Å². The van der Waals surface area contributed by atoms with Gasteiger partial charge in [0, 0.05) is 18.1 Å². The van der Waals surface area contributed by atoms with Crippen molar-refractivity contribution < 1.29 is 13.2 Å². The standard InChI is InChI=1S/C17H23ClN2O3S/c1-3-11-5-6-14(18)13(4-2)16(11)19-17(21)20-9-12-7-8-24(22,23)15(12)10-20/h5-6,12,15H,3-4,7-10H2,1-2H3,(H,19,21)/t12-,15+/m0/s1. The van der Waals surface area contributed by atoms with Crippen LogP contribution in [0.1, 0.15) is 31.4 Å². The SMILES string of the molecule is CCc1ccc(Cl)c(CC)c1NC(=O)N1C[C@@H]2CCS(=O)(=O)[C@@H]2C1. The molecule has 2 amide bonds. The van der Waals surface area contributed by atoms with Gasteiger partial charge in [0.15, 0.2) is 9.84 Å². The molecule has 2 heterocycles. The Bertz CT molecular complexity index is 763. The van der Waals surface area contributed by atoms with E-state index in [4.69, 9.17) is 11.6 Å². The number of likely N-dealkylation sites (tertiary alicyclic amines) is 1. The van der Waals surface area contributed by atoms with Gasteiger partial charge in [0.2, 0.25) is 0 Å². The summed E-state index contributed by atoms with van der Waals surface area (Å²) in [5.74, 6) is 0.336. The summed E-state index contributed by atoms with van der Waals surface area (Å²) >= 11 is 6.27. The molecule has 0 bridgehead atoms. The first kappa shape index (κ1) is 17.5. The molecule has 0 spiro atoms. The summed E-state index contributed by atoms with van der Waals surface area (Å²) in [6.45, 7) is 4.84. The number of benzene rings is 1. The van der Waals surface area contributed by atoms with Gasteiger partial charge in [0.05, 0.1) is 16.7 Å². The van der Waals surface area contributed by atoms with Crippen LogP contribution in [0.5, 0.6) is 0 Å². The van der Waals surface area contributed by atoms with Gasteiger partial charge in [-0.05, 0) is 42.4 Å². The second-order valence-electron chi connectivity index (χ2n) is 6.56. The Labute approximate surface area is 148 Å². The monoisotopic (exact) mass is 370 g/mol. The van der Waals surface area contributed by atoms with Gasteiger partial charge in [0.1, 0.15) is 0 Å². The van der Waals surface area contributed by atoms with E-state index in [1.54, 1.807) is 4.90 Å². The number of carbonyl (C=O) groups is 1. The predicted molar refractivity (Wildman–Crippen MR) is 96.5 cm³/mol. The third-order valence-corrected chi connectivity index (χ3v) is 7.83. The molecule has 2 aliphatic rings. The van der Waals surface area contributed by atoms with E-state index < -0.39 is 9.84 Å². The zero-order chi connectivity index (χ0) is 17.5. The maximum Gasteiger partial charge on any atom is 0.321 e. The highest BCUT2D eigenvalue weighted by Crippen LogP contribution is 2.35. The second kappa shape index (κ2) is 6.56. The maximum absolute atomic E-state index is 12.7. The van der Waals surface area contributed by atoms with Crippen LogP contribution in [-0.2, 0) is 22.7 Å². The first-order valence-corrected chi connectivity index (χ1v) is 10.5. The van der Waals surface area contributed by atoms with Gasteiger partial charge in [-0.3, -0.25) is 0 Å². The van der Waals surface area contributed by atoms with Crippen LogP contribution in [0, 0.1) is 5.92 Å². The zero-order valence-electron chi connectivity index (χ0n) is 14.0. The molecule has 5 nitrogen and oxygen atoms in total. The van der Waals surface area contributed by atoms with Gasteiger partial charge in [-0.25, -0.2) is 13.2 Å². The van der Waals surface area contributed by atoms with E-state index in [1.807, 2.05) is 26.0 Å². The molecule has 1 aromatic rings. The lowest BCUT2D eigenvalue weighted by Crippen LogP contribution is -2.35. The fourth-order valence-corrected chi connectivity index (χ4v) is 6.25. The highest BCUT2D eigenvalue weighted by Gasteiger charge is 2.47. The van der Waals surface area contributed by atoms with Crippen molar-refractivity contribution in [3.63, 3.8) is 0 Å². The molecule has 2 atom stereocenters. The molecule has 24 heavy (non-hydrogen) atoms. The van der Waals surface area contributed by atoms with E-state index >= 15 is 0 Å². The van der Waals surface area contributed by atoms with Crippen LogP contribution in [0.25, 0.3) is 0 Å². The average molecular weight is 371 g/mol. The van der Waals surface area contributed by atoms with E-state index in [9.17, 15) is 13.2 Å². The van der Waals surface area contributed by atoms with Gasteiger partial charge in [-0.15, -0.1) is 0 Å². The molecule has 2 aliphatic heterocycles. The Hall–Kier alpha value is -1.27. The Morgan fingerprint density at radius 2 is 2.04 bits per heavy atom. The number of amides is 2. The Morgan fingerprint density at radius 3 is 2.67 bits per heavy atom. The third kappa shape index (κ3) is 3.02. The van der Waals surface area contributed by atoms with Crippen LogP contribution in [0.2, 0.25) is 5.02 Å². The highest BCUT2D eigenvalue weighted by molar-refractivity contribution is 7.92. The first-order chi connectivity index (χ1) is 11.4. The Balaban J connectivity index is 1.80. The topological polar surface area (TPSA) is 66.5 Å². The summed E-state index contributed by atoms with van der Waals surface area (Å²) in [5, 5.41) is 3.24. The van der Waals surface area contributed by atoms with E-state index in [2.05, 4.69) is 5.32 Å². The van der Waals surface area contributed by atoms with Gasteiger partial charge >= 0.3 is 6.03 Å². The predicted octanol–water partition coefficient (Wildman–Crippen LogP) is 3.12. The molecule has 0 saturated carbocycles. The smallest absolute Gasteiger partial charge is 0.321 e. The summed E-state index contributed by atoms with van der Waals surface area (Å²) < 4.78 is 24.1. The molecule has 0 radical (unpaired) electrons. The van der Waals surface area contributed by atoms with E-state index in [-0.39, 0.29) is 23.0 Å². The summed E-state index contributed by atoms with van der Waals surface area (Å²) in [6, 6.07) is 3.56. The van der Waals surface area contributed by atoms with Crippen LogP contribution >= 0.6 is 11.6 Å². The molecular weight excluding hydrogens is 348 g/mol. The van der Waals surface area contributed by atoms with Crippen molar-refractivity contribution in [1.29, 1.82) is 0 Å². The number of urea groups is 1. The van der Waals surface area contributed by atoms with Crippen molar-refractivity contribution in [1.82, 2.24) is 4.90 Å². The normalized spacial score (nSPS) is 24.9. The molecular formula is C17H23ClN2O3S. The largest absolute Gasteiger partial charge is 0.323 e. The van der Waals surface area contributed by atoms with Crippen molar-refractivity contribution in [3.05, 3.63) is 28.3 Å². The average Bonchev–Trinajstić information content (AvgIpc) is 3.09. The van der Waals surface area contributed by atoms with Gasteiger partial charge < -0.3 is 10.2 Å². The number of halogens is 1. The minimum Gasteiger partial charge on any atom is -0.323 e. The number of fused-ring (bicyclic) bond motifs is 1. The lowest BCUT2D eigenvalue weighted by Gasteiger charge is -2.21. The first-order valence-electron chi connectivity index (χ1n) is 8.45. The summed E-state index contributed by atoms with van der Waals surface area (Å²) in [5.41, 5.74) is 2.74. The molecule has 2 fully saturated rings. The fourth-order valence-electron chi connectivity index (χ4n) is 3.81. The second-order valence-corrected chi connectivity index (χ2v) is 9.30. The quantitative estimate of drug-likeness (QED) is 0.888. The molecule has 0 aliphatic carbocycles. The Kier molecular flexibility index (Phi) is 4.80. The number of sulfone groups is 1. The third-order valence-electron chi connectivity index (χ3n) is 5.21. The summed E-state index contributed by atoms with van der Waals surface area (Å²) in [4.78, 5) is 14.3. The van der Waals surface area contributed by atoms with Crippen LogP contribution in [-0.4, -0.2) is 43.4 Å². The lowest BCUT2D eigenvalue weighted by molar-refractivity contribution is 0.220. The number of aryl methyl sites for hydroxylation is 1. The minimum atomic E-state index is -3.04. The fraction of sp³-hybridized carbons (Fsp3) is 0.588. The zero-order valence-corrected chi connectivity index (χ0v) is 15.6. The maximum atomic E-state index is 12.7. The Morgan fingerprint density at radius 1 is 1.29 bits per heavy atom. The molecule has 0 unspecified atom stereocenters. The number of anilines is 1. The molecule has 1 aromatic carbocycles. The van der Waals surface area contributed by atoms with E-state index in [0.29, 0.717) is 24.5 Å². The van der Waals surface area contributed by atoms with E-state index in [1.165, 1.54) is 0 Å². The van der Waals surface area contributed by atoms with Gasteiger partial charge in [0.25, 0.3) is 0 Å². The lowest BCUT2D eigenvalue weighted by atomic mass is 10.0. The number of nitrogens with zero attached hydrogens (tertiary/aromatic N) is 1. The molecule has 7 heteroatoms. The van der Waals surface area contributed by atoms with Crippen molar-refractivity contribution in [2.24, 2.45) is 5.92 Å². The van der Waals surface area contributed by atoms with Crippen LogP contribution < -0.4 is 5.32 Å². The van der Waals surface area contributed by atoms with Crippen LogP contribution in [0.4, 0.5) is 10.5 Å². The van der Waals surface area contributed by atoms with Crippen molar-refractivity contribution in [3.8, 4) is 0 Å².